The van der Waals surface area contributed by atoms with E-state index in [1.165, 1.54) is 0 Å². The van der Waals surface area contributed by atoms with Gasteiger partial charge in [-0.25, -0.2) is 9.59 Å². The topological polar surface area (TPSA) is 69.7 Å². The third-order valence-corrected chi connectivity index (χ3v) is 1.31. The Balaban J connectivity index is 2.58. The fraction of sp³-hybridized carbons (Fsp3) is 0.500. The van der Waals surface area contributed by atoms with Gasteiger partial charge in [-0.2, -0.15) is 13.2 Å². The highest BCUT2D eigenvalue weighted by Gasteiger charge is 2.46. The highest BCUT2D eigenvalue weighted by atomic mass is 19.4. The second kappa shape index (κ2) is 3.28. The van der Waals surface area contributed by atoms with Crippen LogP contribution in [0.4, 0.5) is 13.2 Å². The summed E-state index contributed by atoms with van der Waals surface area (Å²) in [4.78, 5) is 31.1. The molecule has 0 aromatic heterocycles. The third-order valence-electron chi connectivity index (χ3n) is 1.31. The number of halogens is 3. The van der Waals surface area contributed by atoms with Crippen molar-refractivity contribution in [2.45, 2.75) is 18.7 Å². The summed E-state index contributed by atoms with van der Waals surface area (Å²) in [5.74, 6) is -4.82. The molecule has 1 fully saturated rings. The molecule has 5 nitrogen and oxygen atoms in total. The summed E-state index contributed by atoms with van der Waals surface area (Å²) in [6.45, 7) is 0. The lowest BCUT2D eigenvalue weighted by Crippen LogP contribution is -2.32. The van der Waals surface area contributed by atoms with Crippen LogP contribution in [0.1, 0.15) is 6.42 Å². The number of esters is 3. The van der Waals surface area contributed by atoms with E-state index in [9.17, 15) is 27.6 Å². The summed E-state index contributed by atoms with van der Waals surface area (Å²) in [5.41, 5.74) is 0. The van der Waals surface area contributed by atoms with E-state index in [1.807, 2.05) is 0 Å². The summed E-state index contributed by atoms with van der Waals surface area (Å²) >= 11 is 0. The molecule has 1 aliphatic heterocycles. The maximum Gasteiger partial charge on any atom is 0.490 e. The van der Waals surface area contributed by atoms with E-state index in [4.69, 9.17) is 0 Å². The quantitative estimate of drug-likeness (QED) is 0.449. The van der Waals surface area contributed by atoms with E-state index >= 15 is 0 Å². The molecule has 0 radical (unpaired) electrons. The van der Waals surface area contributed by atoms with Crippen molar-refractivity contribution < 1.29 is 37.0 Å². The molecular formula is C6H3F3O5. The van der Waals surface area contributed by atoms with Gasteiger partial charge in [0.05, 0.1) is 6.42 Å². The van der Waals surface area contributed by atoms with Crippen LogP contribution in [0.15, 0.2) is 0 Å². The second-order valence-electron chi connectivity index (χ2n) is 2.39. The third kappa shape index (κ3) is 2.21. The Bertz CT molecular complexity index is 294. The molecule has 8 heteroatoms. The van der Waals surface area contributed by atoms with Gasteiger partial charge in [0, 0.05) is 0 Å². The van der Waals surface area contributed by atoms with E-state index in [-0.39, 0.29) is 0 Å². The van der Waals surface area contributed by atoms with Crippen LogP contribution >= 0.6 is 0 Å². The van der Waals surface area contributed by atoms with Crippen molar-refractivity contribution in [1.29, 1.82) is 0 Å². The summed E-state index contributed by atoms with van der Waals surface area (Å²) < 4.78 is 42.4. The molecule has 1 rings (SSSR count). The van der Waals surface area contributed by atoms with Crippen molar-refractivity contribution in [3.8, 4) is 0 Å². The van der Waals surface area contributed by atoms with Crippen LogP contribution in [0.2, 0.25) is 0 Å². The van der Waals surface area contributed by atoms with Gasteiger partial charge in [0.15, 0.2) is 0 Å². The molecule has 0 aliphatic carbocycles. The fourth-order valence-corrected chi connectivity index (χ4v) is 0.740. The lowest BCUT2D eigenvalue weighted by Gasteiger charge is -2.08. The Labute approximate surface area is 74.8 Å². The molecule has 78 valence electrons. The standard InChI is InChI=1S/C6H3F3O5/c7-6(8,9)5(12)13-2-1-3(10)14-4(2)11/h2H,1H2/t2-/m0/s1. The number of ether oxygens (including phenoxy) is 2. The van der Waals surface area contributed by atoms with E-state index in [2.05, 4.69) is 9.47 Å². The molecular weight excluding hydrogens is 209 g/mol. The van der Waals surface area contributed by atoms with Crippen LogP contribution in [0, 0.1) is 0 Å². The SMILES string of the molecule is O=C1C[C@H](OC(=O)C(F)(F)F)C(=O)O1. The van der Waals surface area contributed by atoms with Gasteiger partial charge in [0.1, 0.15) is 0 Å². The largest absolute Gasteiger partial charge is 0.490 e. The number of rotatable bonds is 1. The number of carbonyl (C=O) groups is 3. The van der Waals surface area contributed by atoms with Crippen molar-refractivity contribution >= 4 is 17.9 Å². The lowest BCUT2D eigenvalue weighted by molar-refractivity contribution is -0.205. The zero-order chi connectivity index (χ0) is 10.9. The normalized spacial score (nSPS) is 22.1. The molecule has 1 atom stereocenters. The van der Waals surface area contributed by atoms with E-state index < -0.39 is 36.6 Å². The van der Waals surface area contributed by atoms with Gasteiger partial charge >= 0.3 is 24.1 Å². The van der Waals surface area contributed by atoms with Crippen molar-refractivity contribution in [1.82, 2.24) is 0 Å². The number of hydrogen-bond donors (Lipinski definition) is 0. The highest BCUT2D eigenvalue weighted by Crippen LogP contribution is 2.20. The molecule has 1 heterocycles. The number of hydrogen-bond acceptors (Lipinski definition) is 5. The summed E-state index contributed by atoms with van der Waals surface area (Å²) in [6, 6.07) is 0. The predicted molar refractivity (Wildman–Crippen MR) is 31.7 cm³/mol. The monoisotopic (exact) mass is 212 g/mol. The van der Waals surface area contributed by atoms with Gasteiger partial charge in [0.2, 0.25) is 6.10 Å². The Morgan fingerprint density at radius 2 is 2.00 bits per heavy atom. The highest BCUT2D eigenvalue weighted by molar-refractivity contribution is 5.97. The first-order chi connectivity index (χ1) is 6.30. The maximum atomic E-state index is 11.6. The molecule has 0 N–H and O–H groups in total. The van der Waals surface area contributed by atoms with E-state index in [1.54, 1.807) is 0 Å². The number of cyclic esters (lactones) is 2. The summed E-state index contributed by atoms with van der Waals surface area (Å²) in [5, 5.41) is 0. The molecule has 0 aromatic carbocycles. The molecule has 0 spiro atoms. The average Bonchev–Trinajstić information content (AvgIpc) is 2.28. The minimum Gasteiger partial charge on any atom is -0.443 e. The van der Waals surface area contributed by atoms with Crippen LogP contribution in [0.25, 0.3) is 0 Å². The Hall–Kier alpha value is -1.60. The van der Waals surface area contributed by atoms with Gasteiger partial charge in [-0.1, -0.05) is 0 Å². The van der Waals surface area contributed by atoms with Crippen molar-refractivity contribution in [3.05, 3.63) is 0 Å². The smallest absolute Gasteiger partial charge is 0.443 e. The van der Waals surface area contributed by atoms with Crippen molar-refractivity contribution in [2.75, 3.05) is 0 Å². The molecule has 1 saturated heterocycles. The molecule has 0 bridgehead atoms. The van der Waals surface area contributed by atoms with Gasteiger partial charge in [-0.3, -0.25) is 4.79 Å². The van der Waals surface area contributed by atoms with Crippen LogP contribution in [-0.2, 0) is 23.9 Å². The minimum absolute atomic E-state index is 0.680. The molecule has 14 heavy (non-hydrogen) atoms. The first-order valence-corrected chi connectivity index (χ1v) is 3.33. The zero-order valence-corrected chi connectivity index (χ0v) is 6.46. The average molecular weight is 212 g/mol. The maximum absolute atomic E-state index is 11.6. The summed E-state index contributed by atoms with van der Waals surface area (Å²) in [6.07, 6.45) is -7.65. The Morgan fingerprint density at radius 1 is 1.43 bits per heavy atom. The van der Waals surface area contributed by atoms with Crippen LogP contribution < -0.4 is 0 Å². The zero-order valence-electron chi connectivity index (χ0n) is 6.46. The second-order valence-corrected chi connectivity index (χ2v) is 2.39. The first-order valence-electron chi connectivity index (χ1n) is 3.33. The van der Waals surface area contributed by atoms with E-state index in [0.717, 1.165) is 0 Å². The van der Waals surface area contributed by atoms with E-state index in [0.29, 0.717) is 0 Å². The molecule has 1 aliphatic rings. The Kier molecular flexibility index (Phi) is 2.45. The van der Waals surface area contributed by atoms with Crippen LogP contribution in [-0.4, -0.2) is 30.2 Å². The molecule has 0 unspecified atom stereocenters. The molecule has 0 saturated carbocycles. The van der Waals surface area contributed by atoms with Crippen LogP contribution in [0.5, 0.6) is 0 Å². The Morgan fingerprint density at radius 3 is 2.36 bits per heavy atom. The fourth-order valence-electron chi connectivity index (χ4n) is 0.740. The molecule has 0 amide bonds. The lowest BCUT2D eigenvalue weighted by atomic mass is 10.3. The predicted octanol–water partition coefficient (Wildman–Crippen LogP) is -0.0660. The van der Waals surface area contributed by atoms with Crippen molar-refractivity contribution in [2.24, 2.45) is 0 Å². The van der Waals surface area contributed by atoms with Crippen molar-refractivity contribution in [3.63, 3.8) is 0 Å². The number of alkyl halides is 3. The van der Waals surface area contributed by atoms with Gasteiger partial charge in [-0.15, -0.1) is 0 Å². The summed E-state index contributed by atoms with van der Waals surface area (Å²) in [7, 11) is 0. The van der Waals surface area contributed by atoms with Gasteiger partial charge in [0.25, 0.3) is 0 Å². The minimum atomic E-state index is -5.19. The van der Waals surface area contributed by atoms with Crippen LogP contribution in [0.3, 0.4) is 0 Å². The number of carbonyl (C=O) groups excluding carboxylic acids is 3. The van der Waals surface area contributed by atoms with Gasteiger partial charge < -0.3 is 9.47 Å². The van der Waals surface area contributed by atoms with Gasteiger partial charge in [-0.05, 0) is 0 Å². The first kappa shape index (κ1) is 10.5. The molecule has 0 aromatic rings.